The quantitative estimate of drug-likeness (QED) is 0.163. The SMILES string of the molecule is CC(C)(C)N1CCC(n2cc(C(Nc3cc(Cl)c4ncc(C#N)c(Nc5ccc(F)c(Cl)c5)c4c3)c3cccc4c3CN(C3COC3)C4)nn2)CC1. The minimum atomic E-state index is -0.531. The van der Waals surface area contributed by atoms with Crippen molar-refractivity contribution in [3.8, 4) is 6.07 Å². The number of ether oxygens (including phenoxy) is 1. The average molecular weight is 741 g/mol. The summed E-state index contributed by atoms with van der Waals surface area (Å²) in [5, 5.41) is 27.6. The molecule has 52 heavy (non-hydrogen) atoms. The monoisotopic (exact) mass is 739 g/mol. The van der Waals surface area contributed by atoms with Crippen molar-refractivity contribution in [2.24, 2.45) is 0 Å². The second-order valence-corrected chi connectivity index (χ2v) is 15.8. The zero-order valence-corrected chi connectivity index (χ0v) is 30.8. The standard InChI is InChI=1S/C39H40Cl2FN9O/c1-39(2,3)50-11-9-27(10-12-50)51-20-35(47-48-51)38(29-6-4-5-23-18-49(19-31(23)29)28-21-52-22-28)46-26-13-30-36(45-25-7-8-34(42)32(40)14-25)24(16-43)17-44-37(30)33(41)15-26/h4-8,13-15,17,20,27-28,38,46H,9-12,18-19,21-22H2,1-3H3,(H,44,45). The maximum Gasteiger partial charge on any atom is 0.141 e. The molecule has 5 aromatic rings. The first-order valence-electron chi connectivity index (χ1n) is 17.7. The average Bonchev–Trinajstić information content (AvgIpc) is 3.76. The van der Waals surface area contributed by atoms with Gasteiger partial charge in [0.2, 0.25) is 0 Å². The molecule has 13 heteroatoms. The molecular formula is C39H40Cl2FN9O. The fourth-order valence-electron chi connectivity index (χ4n) is 7.60. The van der Waals surface area contributed by atoms with Gasteiger partial charge in [0.25, 0.3) is 0 Å². The van der Waals surface area contributed by atoms with E-state index in [1.165, 1.54) is 29.5 Å². The van der Waals surface area contributed by atoms with E-state index >= 15 is 0 Å². The van der Waals surface area contributed by atoms with Gasteiger partial charge in [-0.2, -0.15) is 5.26 Å². The number of nitrogens with one attached hydrogen (secondary N) is 2. The molecule has 10 nitrogen and oxygen atoms in total. The lowest BCUT2D eigenvalue weighted by atomic mass is 9.95. The molecule has 0 amide bonds. The molecule has 3 aliphatic rings. The molecule has 8 rings (SSSR count). The molecule has 2 aromatic heterocycles. The van der Waals surface area contributed by atoms with Gasteiger partial charge in [0.1, 0.15) is 17.6 Å². The highest BCUT2D eigenvalue weighted by molar-refractivity contribution is 6.36. The number of aromatic nitrogens is 4. The zero-order chi connectivity index (χ0) is 36.1. The Morgan fingerprint density at radius 1 is 1.00 bits per heavy atom. The minimum Gasteiger partial charge on any atom is -0.378 e. The number of piperidine rings is 1. The largest absolute Gasteiger partial charge is 0.378 e. The number of anilines is 3. The number of rotatable bonds is 8. The predicted molar refractivity (Wildman–Crippen MR) is 202 cm³/mol. The number of hydrogen-bond donors (Lipinski definition) is 2. The molecule has 0 aliphatic carbocycles. The lowest BCUT2D eigenvalue weighted by molar-refractivity contribution is -0.0670. The molecule has 268 valence electrons. The van der Waals surface area contributed by atoms with Crippen LogP contribution >= 0.6 is 23.2 Å². The number of likely N-dealkylation sites (tertiary alicyclic amines) is 1. The van der Waals surface area contributed by atoms with E-state index in [-0.39, 0.29) is 22.6 Å². The van der Waals surface area contributed by atoms with Gasteiger partial charge in [-0.1, -0.05) is 46.6 Å². The normalized spacial score (nSPS) is 17.9. The van der Waals surface area contributed by atoms with Gasteiger partial charge < -0.3 is 15.4 Å². The summed E-state index contributed by atoms with van der Waals surface area (Å²) in [5.74, 6) is -0.531. The number of nitrogens with zero attached hydrogens (tertiary/aromatic N) is 7. The van der Waals surface area contributed by atoms with Crippen molar-refractivity contribution in [3.05, 3.63) is 105 Å². The molecule has 5 heterocycles. The first-order valence-corrected chi connectivity index (χ1v) is 18.4. The number of nitriles is 1. The van der Waals surface area contributed by atoms with Gasteiger partial charge in [-0.05, 0) is 80.6 Å². The van der Waals surface area contributed by atoms with Gasteiger partial charge in [0.15, 0.2) is 0 Å². The molecule has 1 unspecified atom stereocenters. The van der Waals surface area contributed by atoms with Gasteiger partial charge in [-0.15, -0.1) is 5.10 Å². The highest BCUT2D eigenvalue weighted by Crippen LogP contribution is 2.40. The number of fused-ring (bicyclic) bond motifs is 2. The number of pyridine rings is 1. The van der Waals surface area contributed by atoms with E-state index in [2.05, 4.69) is 76.7 Å². The summed E-state index contributed by atoms with van der Waals surface area (Å²) >= 11 is 13.0. The van der Waals surface area contributed by atoms with Crippen LogP contribution < -0.4 is 10.6 Å². The molecule has 0 radical (unpaired) electrons. The van der Waals surface area contributed by atoms with E-state index in [0.29, 0.717) is 44.6 Å². The Bertz CT molecular complexity index is 2180. The summed E-state index contributed by atoms with van der Waals surface area (Å²) in [6, 6.07) is 17.1. The van der Waals surface area contributed by atoms with Crippen LogP contribution in [0.3, 0.4) is 0 Å². The Morgan fingerprint density at radius 2 is 1.79 bits per heavy atom. The van der Waals surface area contributed by atoms with Crippen molar-refractivity contribution in [3.63, 3.8) is 0 Å². The van der Waals surface area contributed by atoms with E-state index < -0.39 is 5.82 Å². The number of halogens is 3. The summed E-state index contributed by atoms with van der Waals surface area (Å²) in [5.41, 5.74) is 7.17. The lowest BCUT2D eigenvalue weighted by Crippen LogP contribution is -2.46. The van der Waals surface area contributed by atoms with Crippen molar-refractivity contribution < 1.29 is 9.13 Å². The van der Waals surface area contributed by atoms with Gasteiger partial charge in [0, 0.05) is 54.7 Å². The van der Waals surface area contributed by atoms with Crippen molar-refractivity contribution in [1.29, 1.82) is 5.26 Å². The van der Waals surface area contributed by atoms with E-state index in [1.807, 2.05) is 16.8 Å². The van der Waals surface area contributed by atoms with Crippen molar-refractivity contribution in [2.75, 3.05) is 36.9 Å². The van der Waals surface area contributed by atoms with E-state index in [0.717, 1.165) is 63.5 Å². The summed E-state index contributed by atoms with van der Waals surface area (Å²) in [6.07, 6.45) is 5.57. The van der Waals surface area contributed by atoms with Crippen molar-refractivity contribution in [2.45, 2.75) is 70.4 Å². The second-order valence-electron chi connectivity index (χ2n) is 14.9. The predicted octanol–water partition coefficient (Wildman–Crippen LogP) is 8.24. The highest BCUT2D eigenvalue weighted by Gasteiger charge is 2.34. The van der Waals surface area contributed by atoms with Crippen LogP contribution in [0.1, 0.15) is 73.6 Å². The van der Waals surface area contributed by atoms with Crippen LogP contribution in [0.4, 0.5) is 21.5 Å². The maximum atomic E-state index is 14.0. The minimum absolute atomic E-state index is 0.0308. The third kappa shape index (κ3) is 6.70. The van der Waals surface area contributed by atoms with Crippen LogP contribution in [-0.4, -0.2) is 67.7 Å². The lowest BCUT2D eigenvalue weighted by Gasteiger charge is -2.40. The van der Waals surface area contributed by atoms with Gasteiger partial charge in [-0.3, -0.25) is 14.8 Å². The van der Waals surface area contributed by atoms with Crippen LogP contribution in [-0.2, 0) is 17.8 Å². The Balaban J connectivity index is 1.18. The second kappa shape index (κ2) is 13.9. The zero-order valence-electron chi connectivity index (χ0n) is 29.3. The van der Waals surface area contributed by atoms with E-state index in [1.54, 1.807) is 6.07 Å². The maximum absolute atomic E-state index is 14.0. The molecule has 3 aliphatic heterocycles. The summed E-state index contributed by atoms with van der Waals surface area (Å²) in [4.78, 5) is 9.54. The third-order valence-corrected chi connectivity index (χ3v) is 11.2. The molecule has 2 saturated heterocycles. The molecule has 0 bridgehead atoms. The summed E-state index contributed by atoms with van der Waals surface area (Å²) in [6.45, 7) is 12.0. The van der Waals surface area contributed by atoms with Gasteiger partial charge in [0.05, 0.1) is 64.3 Å². The van der Waals surface area contributed by atoms with Crippen molar-refractivity contribution in [1.82, 2.24) is 29.8 Å². The smallest absolute Gasteiger partial charge is 0.141 e. The Labute approximate surface area is 312 Å². The summed E-state index contributed by atoms with van der Waals surface area (Å²) in [7, 11) is 0. The Morgan fingerprint density at radius 3 is 2.50 bits per heavy atom. The summed E-state index contributed by atoms with van der Waals surface area (Å²) < 4.78 is 21.6. The first kappa shape index (κ1) is 34.8. The first-order chi connectivity index (χ1) is 25.1. The number of benzene rings is 3. The Kier molecular flexibility index (Phi) is 9.30. The van der Waals surface area contributed by atoms with Crippen LogP contribution in [0.15, 0.2) is 60.9 Å². The van der Waals surface area contributed by atoms with Gasteiger partial charge >= 0.3 is 0 Å². The topological polar surface area (TPSA) is 107 Å². The number of hydrogen-bond acceptors (Lipinski definition) is 9. The Hall–Kier alpha value is -4.31. The van der Waals surface area contributed by atoms with Gasteiger partial charge in [-0.25, -0.2) is 9.07 Å². The third-order valence-electron chi connectivity index (χ3n) is 10.6. The molecular weight excluding hydrogens is 700 g/mol. The fourth-order valence-corrected chi connectivity index (χ4v) is 8.05. The molecule has 0 spiro atoms. The molecule has 2 fully saturated rings. The highest BCUT2D eigenvalue weighted by atomic mass is 35.5. The molecule has 0 saturated carbocycles. The molecule has 2 N–H and O–H groups in total. The van der Waals surface area contributed by atoms with E-state index in [4.69, 9.17) is 38.3 Å². The van der Waals surface area contributed by atoms with Crippen LogP contribution in [0.2, 0.25) is 10.0 Å². The molecule has 1 atom stereocenters. The molecule has 3 aromatic carbocycles. The van der Waals surface area contributed by atoms with Crippen LogP contribution in [0.25, 0.3) is 10.9 Å². The van der Waals surface area contributed by atoms with E-state index in [9.17, 15) is 9.65 Å². The van der Waals surface area contributed by atoms with Crippen LogP contribution in [0.5, 0.6) is 0 Å². The van der Waals surface area contributed by atoms with Crippen LogP contribution in [0, 0.1) is 17.1 Å². The van der Waals surface area contributed by atoms with Crippen molar-refractivity contribution >= 4 is 51.2 Å². The fraction of sp³-hybridized carbons (Fsp3) is 0.385.